The summed E-state index contributed by atoms with van der Waals surface area (Å²) in [6.45, 7) is 40.5. The van der Waals surface area contributed by atoms with Crippen LogP contribution in [0.15, 0.2) is 100 Å². The fourth-order valence-electron chi connectivity index (χ4n) is 24.1. The maximum atomic E-state index is 4.19. The molecule has 0 aromatic heterocycles. The van der Waals surface area contributed by atoms with Gasteiger partial charge in [-0.2, -0.15) is 0 Å². The van der Waals surface area contributed by atoms with Crippen molar-refractivity contribution in [3.8, 4) is 0 Å². The maximum absolute atomic E-state index is 4.19. The SMILES string of the molecule is C=CCCCCCCCCCCCCCCCC(C=CCCC(C)CCCC(C)CCCC(C)CC=C)C(CCCCCCCCCCCCCCCC=C)C(CCCCCCCCCCCCCCCC=C)C(CCCCCCCCCCCCCCCC=C)C(CCCCCCCCCCCCCCCC=C)C(CCCCCCCCC)CCCCCCCCCCCCCCC(=C)C. The lowest BCUT2D eigenvalue weighted by Crippen LogP contribution is -2.36. The van der Waals surface area contributed by atoms with Gasteiger partial charge in [0.15, 0.2) is 0 Å². The van der Waals surface area contributed by atoms with E-state index in [0.29, 0.717) is 0 Å². The van der Waals surface area contributed by atoms with Gasteiger partial charge in [0.2, 0.25) is 0 Å². The summed E-state index contributed by atoms with van der Waals surface area (Å²) in [5.41, 5.74) is 1.37. The van der Waals surface area contributed by atoms with Crippen LogP contribution < -0.4 is 0 Å². The quantitative estimate of drug-likeness (QED) is 0.0421. The molecule has 0 saturated carbocycles. The molecule has 0 nitrogen and oxygen atoms in total. The minimum Gasteiger partial charge on any atom is -0.103 e. The lowest BCUT2D eigenvalue weighted by molar-refractivity contribution is 0.0563. The van der Waals surface area contributed by atoms with E-state index in [0.717, 1.165) is 53.3 Å². The first kappa shape index (κ1) is 134. The minimum atomic E-state index is 0.720. The summed E-state index contributed by atoms with van der Waals surface area (Å²) >= 11 is 0. The second-order valence-corrected chi connectivity index (χ2v) is 46.7. The first-order valence-electron chi connectivity index (χ1n) is 64.1. The van der Waals surface area contributed by atoms with E-state index in [1.165, 1.54) is 686 Å². The monoisotopic (exact) mass is 1890 g/mol. The van der Waals surface area contributed by atoms with Crippen molar-refractivity contribution in [2.45, 2.75) is 715 Å². The number of hydrogen-bond acceptors (Lipinski definition) is 0. The summed E-state index contributed by atoms with van der Waals surface area (Å²) in [6.07, 6.45) is 170. The summed E-state index contributed by atoms with van der Waals surface area (Å²) in [7, 11) is 0. The Morgan fingerprint density at radius 2 is 0.390 bits per heavy atom. The van der Waals surface area contributed by atoms with E-state index in [-0.39, 0.29) is 0 Å². The molecule has 0 aromatic rings. The molecule has 0 amide bonds. The zero-order chi connectivity index (χ0) is 98.4. The molecule has 802 valence electrons. The normalized spacial score (nSPS) is 13.9. The third kappa shape index (κ3) is 99.3. The van der Waals surface area contributed by atoms with Gasteiger partial charge in [0.05, 0.1) is 0 Å². The van der Waals surface area contributed by atoms with Crippen LogP contribution in [-0.2, 0) is 0 Å². The topological polar surface area (TPSA) is 0 Å². The highest BCUT2D eigenvalue weighted by atomic mass is 14.4. The Hall–Kier alpha value is -2.08. The second-order valence-electron chi connectivity index (χ2n) is 46.7. The van der Waals surface area contributed by atoms with E-state index in [2.05, 4.69) is 129 Å². The molecular formula is C136H258. The summed E-state index contributed by atoms with van der Waals surface area (Å²) in [6, 6.07) is 0. The van der Waals surface area contributed by atoms with Crippen LogP contribution in [0.4, 0.5) is 0 Å². The van der Waals surface area contributed by atoms with Gasteiger partial charge in [-0.1, -0.05) is 634 Å². The molecule has 0 aliphatic heterocycles. The highest BCUT2D eigenvalue weighted by Crippen LogP contribution is 2.49. The van der Waals surface area contributed by atoms with E-state index < -0.39 is 0 Å². The van der Waals surface area contributed by atoms with Crippen molar-refractivity contribution < 1.29 is 0 Å². The molecular weight excluding hydrogens is 1630 g/mol. The Balaban J connectivity index is 8.54. The Morgan fingerprint density at radius 3 is 0.647 bits per heavy atom. The fourth-order valence-corrected chi connectivity index (χ4v) is 24.1. The van der Waals surface area contributed by atoms with Crippen molar-refractivity contribution >= 4 is 0 Å². The van der Waals surface area contributed by atoms with E-state index in [4.69, 9.17) is 0 Å². The Kier molecular flexibility index (Phi) is 113. The van der Waals surface area contributed by atoms with Gasteiger partial charge in [-0.25, -0.2) is 0 Å². The van der Waals surface area contributed by atoms with Crippen LogP contribution in [0, 0.1) is 53.3 Å². The number of allylic oxidation sites excluding steroid dienone is 9. The van der Waals surface area contributed by atoms with E-state index >= 15 is 0 Å². The molecule has 0 fully saturated rings. The van der Waals surface area contributed by atoms with Crippen LogP contribution in [-0.4, -0.2) is 0 Å². The first-order chi connectivity index (χ1) is 67.1. The van der Waals surface area contributed by atoms with Crippen LogP contribution in [0.1, 0.15) is 715 Å². The van der Waals surface area contributed by atoms with Gasteiger partial charge in [-0.15, -0.1) is 46.1 Å². The van der Waals surface area contributed by atoms with Gasteiger partial charge >= 0.3 is 0 Å². The Bertz CT molecular complexity index is 2360. The van der Waals surface area contributed by atoms with Gasteiger partial charge < -0.3 is 0 Å². The van der Waals surface area contributed by atoms with Crippen molar-refractivity contribution in [1.29, 1.82) is 0 Å². The van der Waals surface area contributed by atoms with Gasteiger partial charge in [0.25, 0.3) is 0 Å². The van der Waals surface area contributed by atoms with Crippen LogP contribution in [0.3, 0.4) is 0 Å². The molecule has 0 N–H and O–H groups in total. The van der Waals surface area contributed by atoms with Gasteiger partial charge in [0, 0.05) is 0 Å². The molecule has 136 heavy (non-hydrogen) atoms. The minimum absolute atomic E-state index is 0.720. The molecule has 9 unspecified atom stereocenters. The molecule has 0 heteroatoms. The summed E-state index contributed by atoms with van der Waals surface area (Å²) < 4.78 is 0. The molecule has 0 aromatic carbocycles. The second kappa shape index (κ2) is 115. The highest BCUT2D eigenvalue weighted by molar-refractivity contribution is 4.98. The number of rotatable bonds is 122. The molecule has 0 aliphatic carbocycles. The summed E-state index contributed by atoms with van der Waals surface area (Å²) in [4.78, 5) is 0. The maximum Gasteiger partial charge on any atom is -0.0202 e. The molecule has 0 rings (SSSR count). The van der Waals surface area contributed by atoms with E-state index in [9.17, 15) is 0 Å². The average molecular weight is 1890 g/mol. The third-order valence-electron chi connectivity index (χ3n) is 33.2. The molecule has 0 heterocycles. The van der Waals surface area contributed by atoms with Crippen molar-refractivity contribution in [2.24, 2.45) is 53.3 Å². The number of hydrogen-bond donors (Lipinski definition) is 0. The molecule has 0 saturated heterocycles. The lowest BCUT2D eigenvalue weighted by atomic mass is 9.61. The first-order valence-corrected chi connectivity index (χ1v) is 64.1. The van der Waals surface area contributed by atoms with Gasteiger partial charge in [-0.3, -0.25) is 0 Å². The zero-order valence-electron chi connectivity index (χ0n) is 95.2. The standard InChI is InChI=1S/C136H258/c1-13-20-26-32-38-43-48-53-58-63-71-78-87-95-103-121-132(122-109-108-114-129(11)116-111-118-130(12)117-110-115-128(10)112-19-7)134(124-105-97-89-81-74-65-60-55-50-45-40-34-28-22-15-3)136(126-107-99-91-83-76-67-62-57-52-47-42-36-30-24-17-5)135(125-106-98-90-82-75-66-61-56-51-46-41-35-29-23-16-4)133(123-104-96-88-80-73-64-59-54-49-44-39-33-27-21-14-2)131(119-101-93-84-37-31-25-18-6)120-102-94-86-79-72-69-68-70-77-85-92-100-113-127(8)9/h13-17,19,109,122,128-136H,1-5,7-8,18,20-108,110-121,123-126H2,6,9-12H3. The average Bonchev–Trinajstić information content (AvgIpc) is 0.810. The third-order valence-corrected chi connectivity index (χ3v) is 33.2. The zero-order valence-corrected chi connectivity index (χ0v) is 95.2. The van der Waals surface area contributed by atoms with Crippen molar-refractivity contribution in [3.63, 3.8) is 0 Å². The van der Waals surface area contributed by atoms with E-state index in [1.54, 1.807) is 0 Å². The fraction of sp³-hybridized carbons (Fsp3) is 0.882. The largest absolute Gasteiger partial charge is 0.103 e. The van der Waals surface area contributed by atoms with Crippen molar-refractivity contribution in [3.05, 3.63) is 100 Å². The lowest BCUT2D eigenvalue weighted by Gasteiger charge is -2.45. The predicted octanol–water partition coefficient (Wildman–Crippen LogP) is 50.2. The molecule has 0 bridgehead atoms. The van der Waals surface area contributed by atoms with Gasteiger partial charge in [0.1, 0.15) is 0 Å². The van der Waals surface area contributed by atoms with Crippen molar-refractivity contribution in [1.82, 2.24) is 0 Å². The van der Waals surface area contributed by atoms with E-state index in [1.807, 2.05) is 0 Å². The number of unbranched alkanes of at least 4 members (excludes halogenated alkanes) is 82. The van der Waals surface area contributed by atoms with Crippen LogP contribution in [0.25, 0.3) is 0 Å². The van der Waals surface area contributed by atoms with Crippen LogP contribution in [0.2, 0.25) is 0 Å². The highest BCUT2D eigenvalue weighted by Gasteiger charge is 2.39. The molecule has 0 spiro atoms. The Labute approximate surface area is 862 Å². The molecule has 0 radical (unpaired) electrons. The van der Waals surface area contributed by atoms with Gasteiger partial charge in [-0.05, 0) is 189 Å². The predicted molar refractivity (Wildman–Crippen MR) is 629 cm³/mol. The smallest absolute Gasteiger partial charge is 0.0202 e. The van der Waals surface area contributed by atoms with Crippen LogP contribution >= 0.6 is 0 Å². The van der Waals surface area contributed by atoms with Crippen molar-refractivity contribution in [2.75, 3.05) is 0 Å². The summed E-state index contributed by atoms with van der Waals surface area (Å²) in [5, 5.41) is 0. The molecule has 0 aliphatic rings. The Morgan fingerprint density at radius 1 is 0.184 bits per heavy atom. The van der Waals surface area contributed by atoms with Crippen LogP contribution in [0.5, 0.6) is 0 Å². The summed E-state index contributed by atoms with van der Waals surface area (Å²) in [5.74, 6) is 7.47. The molecule has 9 atom stereocenters.